The number of nitro groups is 1. The lowest BCUT2D eigenvalue weighted by Crippen LogP contribution is -2.01. The van der Waals surface area contributed by atoms with E-state index in [1.807, 2.05) is 6.07 Å². The van der Waals surface area contributed by atoms with Crippen LogP contribution in [0.3, 0.4) is 0 Å². The van der Waals surface area contributed by atoms with Crippen LogP contribution < -0.4 is 0 Å². The quantitative estimate of drug-likeness (QED) is 0.346. The lowest BCUT2D eigenvalue weighted by atomic mass is 10.2. The average molecular weight is 334 g/mol. The third-order valence-electron chi connectivity index (χ3n) is 2.15. The van der Waals surface area contributed by atoms with Crippen molar-refractivity contribution in [1.29, 1.82) is 0 Å². The largest absolute Gasteiger partial charge is 0.469 e. The van der Waals surface area contributed by atoms with E-state index in [2.05, 4.69) is 20.7 Å². The van der Waals surface area contributed by atoms with Crippen LogP contribution in [-0.2, 0) is 15.3 Å². The van der Waals surface area contributed by atoms with Crippen molar-refractivity contribution in [3.05, 3.63) is 38.3 Å². The zero-order chi connectivity index (χ0) is 13.5. The number of esters is 1. The number of nitro benzene ring substituents is 1. The Labute approximate surface area is 117 Å². The number of rotatable bonds is 6. The molecule has 0 saturated heterocycles. The summed E-state index contributed by atoms with van der Waals surface area (Å²) >= 11 is 4.67. The molecule has 0 amide bonds. The molecule has 0 unspecified atom stereocenters. The molecule has 0 atom stereocenters. The van der Waals surface area contributed by atoms with E-state index in [0.717, 1.165) is 5.56 Å². The van der Waals surface area contributed by atoms with Crippen LogP contribution in [0.5, 0.6) is 0 Å². The van der Waals surface area contributed by atoms with Crippen molar-refractivity contribution < 1.29 is 14.5 Å². The third-order valence-corrected chi connectivity index (χ3v) is 3.85. The van der Waals surface area contributed by atoms with E-state index >= 15 is 0 Å². The Balaban J connectivity index is 2.50. The van der Waals surface area contributed by atoms with E-state index in [0.29, 0.717) is 22.4 Å². The molecular weight excluding hydrogens is 322 g/mol. The molecule has 0 bridgehead atoms. The molecular formula is C11H12BrNO4S. The number of carbonyl (C=O) groups excluding carboxylic acids is 1. The summed E-state index contributed by atoms with van der Waals surface area (Å²) in [5.41, 5.74) is 0.917. The number of benzene rings is 1. The molecule has 0 heterocycles. The first-order valence-electron chi connectivity index (χ1n) is 5.12. The van der Waals surface area contributed by atoms with Gasteiger partial charge in [-0.2, -0.15) is 11.8 Å². The minimum Gasteiger partial charge on any atom is -0.469 e. The van der Waals surface area contributed by atoms with E-state index in [1.54, 1.807) is 6.07 Å². The zero-order valence-corrected chi connectivity index (χ0v) is 12.1. The summed E-state index contributed by atoms with van der Waals surface area (Å²) < 4.78 is 4.99. The lowest BCUT2D eigenvalue weighted by molar-refractivity contribution is -0.385. The van der Waals surface area contributed by atoms with Gasteiger partial charge in [0.2, 0.25) is 0 Å². The van der Waals surface area contributed by atoms with Crippen LogP contribution in [0, 0.1) is 10.1 Å². The second-order valence-corrected chi connectivity index (χ2v) is 5.38. The van der Waals surface area contributed by atoms with Crippen LogP contribution in [0.1, 0.15) is 12.0 Å². The van der Waals surface area contributed by atoms with Crippen LogP contribution in [0.15, 0.2) is 22.7 Å². The molecule has 98 valence electrons. The topological polar surface area (TPSA) is 69.4 Å². The Morgan fingerprint density at radius 2 is 2.28 bits per heavy atom. The van der Waals surface area contributed by atoms with Crippen LogP contribution in [-0.4, -0.2) is 23.8 Å². The van der Waals surface area contributed by atoms with Crippen molar-refractivity contribution in [2.45, 2.75) is 12.2 Å². The van der Waals surface area contributed by atoms with E-state index in [1.165, 1.54) is 24.9 Å². The Bertz CT molecular complexity index is 453. The number of hydrogen-bond donors (Lipinski definition) is 0. The van der Waals surface area contributed by atoms with Gasteiger partial charge in [0.05, 0.1) is 22.9 Å². The summed E-state index contributed by atoms with van der Waals surface area (Å²) in [5.74, 6) is 1.02. The van der Waals surface area contributed by atoms with E-state index < -0.39 is 4.92 Å². The highest BCUT2D eigenvalue weighted by Crippen LogP contribution is 2.27. The average Bonchev–Trinajstić information content (AvgIpc) is 2.35. The van der Waals surface area contributed by atoms with Gasteiger partial charge in [0.25, 0.3) is 5.69 Å². The normalized spacial score (nSPS) is 10.1. The number of methoxy groups -OCH3 is 1. The summed E-state index contributed by atoms with van der Waals surface area (Å²) in [5, 5.41) is 10.7. The molecule has 0 aromatic heterocycles. The van der Waals surface area contributed by atoms with Crippen molar-refractivity contribution in [3.63, 3.8) is 0 Å². The molecule has 1 aromatic rings. The Morgan fingerprint density at radius 3 is 2.89 bits per heavy atom. The van der Waals surface area contributed by atoms with Gasteiger partial charge in [0.15, 0.2) is 0 Å². The van der Waals surface area contributed by atoms with Crippen molar-refractivity contribution in [3.8, 4) is 0 Å². The summed E-state index contributed by atoms with van der Waals surface area (Å²) in [7, 11) is 1.35. The van der Waals surface area contributed by atoms with Gasteiger partial charge >= 0.3 is 5.97 Å². The molecule has 0 saturated carbocycles. The molecule has 18 heavy (non-hydrogen) atoms. The summed E-state index contributed by atoms with van der Waals surface area (Å²) in [6, 6.07) is 5.02. The molecule has 0 radical (unpaired) electrons. The molecule has 0 aliphatic carbocycles. The van der Waals surface area contributed by atoms with Crippen molar-refractivity contribution in [1.82, 2.24) is 0 Å². The number of nitrogens with zero attached hydrogens (tertiary/aromatic N) is 1. The van der Waals surface area contributed by atoms with Crippen molar-refractivity contribution in [2.75, 3.05) is 12.9 Å². The highest BCUT2D eigenvalue weighted by molar-refractivity contribution is 9.10. The Hall–Kier alpha value is -1.08. The first-order chi connectivity index (χ1) is 8.54. The second-order valence-electron chi connectivity index (χ2n) is 3.42. The SMILES string of the molecule is COC(=O)CCSCc1ccc(Br)c([N+](=O)[O-])c1. The molecule has 0 spiro atoms. The van der Waals surface area contributed by atoms with Gasteiger partial charge in [-0.3, -0.25) is 14.9 Å². The van der Waals surface area contributed by atoms with Crippen LogP contribution in [0.4, 0.5) is 5.69 Å². The van der Waals surface area contributed by atoms with Crippen molar-refractivity contribution in [2.24, 2.45) is 0 Å². The summed E-state index contributed by atoms with van der Waals surface area (Å²) in [6.45, 7) is 0. The van der Waals surface area contributed by atoms with Crippen molar-refractivity contribution >= 4 is 39.3 Å². The number of halogens is 1. The minimum atomic E-state index is -0.424. The maximum absolute atomic E-state index is 10.9. The van der Waals surface area contributed by atoms with Gasteiger partial charge < -0.3 is 4.74 Å². The monoisotopic (exact) mass is 333 g/mol. The van der Waals surface area contributed by atoms with Gasteiger partial charge in [-0.1, -0.05) is 6.07 Å². The van der Waals surface area contributed by atoms with Crippen LogP contribution in [0.25, 0.3) is 0 Å². The first-order valence-corrected chi connectivity index (χ1v) is 7.06. The molecule has 1 aromatic carbocycles. The number of thioether (sulfide) groups is 1. The molecule has 1 rings (SSSR count). The maximum atomic E-state index is 10.9. The fourth-order valence-corrected chi connectivity index (χ4v) is 2.50. The molecule has 0 aliphatic heterocycles. The molecule has 0 aliphatic rings. The number of ether oxygens (including phenoxy) is 1. The number of hydrogen-bond acceptors (Lipinski definition) is 5. The molecule has 5 nitrogen and oxygen atoms in total. The van der Waals surface area contributed by atoms with E-state index in [9.17, 15) is 14.9 Å². The van der Waals surface area contributed by atoms with Gasteiger partial charge in [0.1, 0.15) is 0 Å². The first kappa shape index (κ1) is 15.0. The van der Waals surface area contributed by atoms with Crippen LogP contribution >= 0.6 is 27.7 Å². The van der Waals surface area contributed by atoms with Gasteiger partial charge in [-0.05, 0) is 27.6 Å². The van der Waals surface area contributed by atoms with Gasteiger partial charge in [-0.25, -0.2) is 0 Å². The molecule has 0 N–H and O–H groups in total. The standard InChI is InChI=1S/C11H12BrNO4S/c1-17-11(14)4-5-18-7-8-2-3-9(12)10(6-8)13(15)16/h2-3,6H,4-5,7H2,1H3. The molecule has 7 heteroatoms. The van der Waals surface area contributed by atoms with E-state index in [-0.39, 0.29) is 11.7 Å². The summed E-state index contributed by atoms with van der Waals surface area (Å²) in [4.78, 5) is 21.2. The fourth-order valence-electron chi connectivity index (χ4n) is 1.24. The zero-order valence-electron chi connectivity index (χ0n) is 9.72. The predicted octanol–water partition coefficient (Wildman–Crippen LogP) is 3.15. The van der Waals surface area contributed by atoms with Gasteiger partial charge in [0, 0.05) is 17.6 Å². The Kier molecular flexibility index (Phi) is 6.14. The minimum absolute atomic E-state index is 0.0565. The highest BCUT2D eigenvalue weighted by Gasteiger charge is 2.12. The molecule has 0 fully saturated rings. The van der Waals surface area contributed by atoms with Crippen LogP contribution in [0.2, 0.25) is 0 Å². The highest BCUT2D eigenvalue weighted by atomic mass is 79.9. The third kappa shape index (κ3) is 4.66. The van der Waals surface area contributed by atoms with E-state index in [4.69, 9.17) is 0 Å². The summed E-state index contributed by atoms with van der Waals surface area (Å²) in [6.07, 6.45) is 0.347. The second kappa shape index (κ2) is 7.38. The smallest absolute Gasteiger partial charge is 0.306 e. The van der Waals surface area contributed by atoms with Gasteiger partial charge in [-0.15, -0.1) is 0 Å². The lowest BCUT2D eigenvalue weighted by Gasteiger charge is -2.02. The predicted molar refractivity (Wildman–Crippen MR) is 73.6 cm³/mol. The fraction of sp³-hybridized carbons (Fsp3) is 0.364. The Morgan fingerprint density at radius 1 is 1.56 bits per heavy atom. The number of carbonyl (C=O) groups is 1. The maximum Gasteiger partial charge on any atom is 0.306 e.